The first-order valence-corrected chi connectivity index (χ1v) is 13.7. The maximum absolute atomic E-state index is 14.1. The second kappa shape index (κ2) is 11.0. The first-order chi connectivity index (χ1) is 19.6. The van der Waals surface area contributed by atoms with Gasteiger partial charge < -0.3 is 25.3 Å². The number of hydrogen-bond acceptors (Lipinski definition) is 4. The van der Waals surface area contributed by atoms with Crippen LogP contribution in [0.1, 0.15) is 45.2 Å². The molecule has 1 aromatic heterocycles. The Morgan fingerprint density at radius 2 is 1.77 bits per heavy atom. The van der Waals surface area contributed by atoms with Crippen molar-refractivity contribution < 1.29 is 19.1 Å². The molecule has 0 spiro atoms. The molecule has 204 valence electrons. The third-order valence-corrected chi connectivity index (χ3v) is 7.89. The number of ether oxygens (including phenoxy) is 1. The Morgan fingerprint density at radius 3 is 2.60 bits per heavy atom. The molecule has 3 heterocycles. The van der Waals surface area contributed by atoms with Crippen LogP contribution in [0.15, 0.2) is 78.9 Å². The lowest BCUT2D eigenvalue weighted by Gasteiger charge is -2.37. The number of carbonyl (C=O) groups is 3. The third kappa shape index (κ3) is 4.64. The van der Waals surface area contributed by atoms with Crippen molar-refractivity contribution in [2.24, 2.45) is 0 Å². The van der Waals surface area contributed by atoms with Gasteiger partial charge in [0.2, 0.25) is 11.8 Å². The van der Waals surface area contributed by atoms with Gasteiger partial charge in [0.05, 0.1) is 6.04 Å². The highest BCUT2D eigenvalue weighted by Gasteiger charge is 2.49. The number of aromatic nitrogens is 1. The average molecular weight is 537 g/mol. The van der Waals surface area contributed by atoms with Crippen LogP contribution in [0.2, 0.25) is 0 Å². The number of aromatic amines is 1. The second-order valence-electron chi connectivity index (χ2n) is 10.4. The summed E-state index contributed by atoms with van der Waals surface area (Å²) in [6.45, 7) is 0.974. The van der Waals surface area contributed by atoms with E-state index in [-0.39, 0.29) is 17.7 Å². The summed E-state index contributed by atoms with van der Waals surface area (Å²) in [5.74, 6) is -0.770. The number of nitrogens with one attached hydrogen (secondary N) is 3. The number of methoxy groups -OCH3 is 1. The zero-order valence-electron chi connectivity index (χ0n) is 22.4. The number of nitrogens with zero attached hydrogens (tertiary/aromatic N) is 1. The molecule has 2 aliphatic heterocycles. The zero-order chi connectivity index (χ0) is 27.6. The van der Waals surface area contributed by atoms with Crippen LogP contribution >= 0.6 is 0 Å². The van der Waals surface area contributed by atoms with E-state index < -0.39 is 18.1 Å². The van der Waals surface area contributed by atoms with Crippen LogP contribution in [0.3, 0.4) is 0 Å². The number of para-hydroxylation sites is 1. The highest BCUT2D eigenvalue weighted by Crippen LogP contribution is 2.46. The minimum atomic E-state index is -0.791. The lowest BCUT2D eigenvalue weighted by molar-refractivity contribution is -0.132. The molecule has 0 bridgehead atoms. The summed E-state index contributed by atoms with van der Waals surface area (Å²) in [5.41, 5.74) is 5.38. The quantitative estimate of drug-likeness (QED) is 0.285. The molecule has 0 saturated heterocycles. The van der Waals surface area contributed by atoms with E-state index in [1.165, 1.54) is 0 Å². The molecule has 8 heteroatoms. The Morgan fingerprint density at radius 1 is 1.02 bits per heavy atom. The minimum absolute atomic E-state index is 0.173. The normalized spacial score (nSPS) is 18.1. The zero-order valence-corrected chi connectivity index (χ0v) is 22.4. The predicted octanol–water partition coefficient (Wildman–Crippen LogP) is 3.52. The molecule has 1 unspecified atom stereocenters. The molecule has 4 aromatic rings. The van der Waals surface area contributed by atoms with Crippen molar-refractivity contribution in [2.45, 2.75) is 37.4 Å². The van der Waals surface area contributed by atoms with Gasteiger partial charge >= 0.3 is 0 Å². The highest BCUT2D eigenvalue weighted by molar-refractivity contribution is 6.04. The van der Waals surface area contributed by atoms with Gasteiger partial charge in [-0.15, -0.1) is 0 Å². The smallest absolute Gasteiger partial charge is 0.255 e. The molecule has 0 radical (unpaired) electrons. The number of carbonyl (C=O) groups excluding carboxylic acids is 3. The molecule has 0 saturated carbocycles. The van der Waals surface area contributed by atoms with Crippen LogP contribution in [-0.2, 0) is 27.2 Å². The predicted molar refractivity (Wildman–Crippen MR) is 152 cm³/mol. The van der Waals surface area contributed by atoms with E-state index in [1.807, 2.05) is 78.9 Å². The van der Waals surface area contributed by atoms with Crippen molar-refractivity contribution in [3.63, 3.8) is 0 Å². The maximum atomic E-state index is 14.1. The summed E-state index contributed by atoms with van der Waals surface area (Å²) < 4.78 is 5.09. The van der Waals surface area contributed by atoms with Gasteiger partial charge in [-0.25, -0.2) is 0 Å². The first-order valence-electron chi connectivity index (χ1n) is 13.7. The number of amides is 3. The van der Waals surface area contributed by atoms with Crippen molar-refractivity contribution in [1.82, 2.24) is 20.5 Å². The van der Waals surface area contributed by atoms with E-state index in [1.54, 1.807) is 12.0 Å². The molecule has 0 aliphatic carbocycles. The summed E-state index contributed by atoms with van der Waals surface area (Å²) in [4.78, 5) is 46.3. The standard InChI is InChI=1S/C32H32N4O4/c1-40-17-9-16-33-30(37)26(18-20-10-3-2-4-11-20)35-31(38)27-19-24-21-12-7-8-15-25(21)34-28(24)29-22-13-5-6-14-23(22)32(39)36(27)29/h2-8,10-15,26-27,29,34H,9,16-19H2,1H3,(H,33,37)(H,35,38)/t26-,27-,29?/m0/s1. The van der Waals surface area contributed by atoms with E-state index >= 15 is 0 Å². The van der Waals surface area contributed by atoms with Gasteiger partial charge in [0, 0.05) is 55.3 Å². The van der Waals surface area contributed by atoms with Crippen LogP contribution in [-0.4, -0.2) is 60.0 Å². The summed E-state index contributed by atoms with van der Waals surface area (Å²) in [6, 6.07) is 23.2. The molecular formula is C32H32N4O4. The average Bonchev–Trinajstić information content (AvgIpc) is 3.50. The van der Waals surface area contributed by atoms with Gasteiger partial charge in [-0.1, -0.05) is 66.7 Å². The highest BCUT2D eigenvalue weighted by atomic mass is 16.5. The third-order valence-electron chi connectivity index (χ3n) is 7.89. The van der Waals surface area contributed by atoms with Crippen LogP contribution in [0.25, 0.3) is 10.9 Å². The molecule has 8 nitrogen and oxygen atoms in total. The number of H-pyrrole nitrogens is 1. The maximum Gasteiger partial charge on any atom is 0.255 e. The summed E-state index contributed by atoms with van der Waals surface area (Å²) >= 11 is 0. The van der Waals surface area contributed by atoms with Gasteiger partial charge in [-0.3, -0.25) is 14.4 Å². The fourth-order valence-corrected chi connectivity index (χ4v) is 6.02. The van der Waals surface area contributed by atoms with Crippen LogP contribution < -0.4 is 10.6 Å². The molecule has 3 aromatic carbocycles. The molecule has 3 amide bonds. The summed E-state index contributed by atoms with van der Waals surface area (Å²) in [5, 5.41) is 7.00. The van der Waals surface area contributed by atoms with Gasteiger partial charge in [-0.05, 0) is 35.2 Å². The minimum Gasteiger partial charge on any atom is -0.385 e. The number of rotatable bonds is 9. The topological polar surface area (TPSA) is 104 Å². The Kier molecular flexibility index (Phi) is 7.09. The number of benzene rings is 3. The van der Waals surface area contributed by atoms with Gasteiger partial charge in [0.1, 0.15) is 12.1 Å². The molecule has 40 heavy (non-hydrogen) atoms. The number of fused-ring (bicyclic) bond motifs is 7. The van der Waals surface area contributed by atoms with Crippen molar-refractivity contribution in [2.75, 3.05) is 20.3 Å². The van der Waals surface area contributed by atoms with E-state index in [4.69, 9.17) is 4.74 Å². The summed E-state index contributed by atoms with van der Waals surface area (Å²) in [6.07, 6.45) is 1.36. The van der Waals surface area contributed by atoms with Crippen molar-refractivity contribution in [3.8, 4) is 0 Å². The van der Waals surface area contributed by atoms with Gasteiger partial charge in [-0.2, -0.15) is 0 Å². The monoisotopic (exact) mass is 536 g/mol. The molecule has 6 rings (SSSR count). The Balaban J connectivity index is 1.33. The largest absolute Gasteiger partial charge is 0.385 e. The van der Waals surface area contributed by atoms with E-state index in [2.05, 4.69) is 15.6 Å². The van der Waals surface area contributed by atoms with Crippen LogP contribution in [0.5, 0.6) is 0 Å². The van der Waals surface area contributed by atoms with Crippen molar-refractivity contribution in [1.29, 1.82) is 0 Å². The first kappa shape index (κ1) is 25.8. The molecule has 2 aliphatic rings. The molecule has 0 fully saturated rings. The fourth-order valence-electron chi connectivity index (χ4n) is 6.02. The van der Waals surface area contributed by atoms with Crippen LogP contribution in [0.4, 0.5) is 0 Å². The van der Waals surface area contributed by atoms with E-state index in [0.29, 0.717) is 38.0 Å². The molecule has 3 N–H and O–H groups in total. The summed E-state index contributed by atoms with van der Waals surface area (Å²) in [7, 11) is 1.62. The van der Waals surface area contributed by atoms with Crippen LogP contribution in [0, 0.1) is 0 Å². The Bertz CT molecular complexity index is 1560. The lowest BCUT2D eigenvalue weighted by atomic mass is 9.89. The van der Waals surface area contributed by atoms with Crippen molar-refractivity contribution in [3.05, 3.63) is 107 Å². The van der Waals surface area contributed by atoms with Crippen molar-refractivity contribution >= 4 is 28.6 Å². The second-order valence-corrected chi connectivity index (χ2v) is 10.4. The Labute approximate surface area is 232 Å². The van der Waals surface area contributed by atoms with Gasteiger partial charge in [0.25, 0.3) is 5.91 Å². The molecule has 3 atom stereocenters. The lowest BCUT2D eigenvalue weighted by Crippen LogP contribution is -2.57. The van der Waals surface area contributed by atoms with E-state index in [9.17, 15) is 14.4 Å². The van der Waals surface area contributed by atoms with E-state index in [0.717, 1.165) is 33.3 Å². The Hall–Kier alpha value is -4.43. The van der Waals surface area contributed by atoms with Gasteiger partial charge in [0.15, 0.2) is 0 Å². The molecular weight excluding hydrogens is 504 g/mol. The fraction of sp³-hybridized carbons (Fsp3) is 0.281. The number of hydrogen-bond donors (Lipinski definition) is 3. The SMILES string of the molecule is COCCCNC(=O)[C@H](Cc1ccccc1)NC(=O)[C@@H]1Cc2c([nH]c3ccccc23)C2c3ccccc3C(=O)N21.